The van der Waals surface area contributed by atoms with E-state index in [0.717, 1.165) is 19.4 Å². The van der Waals surface area contributed by atoms with E-state index in [1.54, 1.807) is 4.90 Å². The summed E-state index contributed by atoms with van der Waals surface area (Å²) in [5.41, 5.74) is 0. The van der Waals surface area contributed by atoms with Crippen LogP contribution in [0.5, 0.6) is 0 Å². The zero-order valence-corrected chi connectivity index (χ0v) is 12.6. The Kier molecular flexibility index (Phi) is 8.22. The maximum Gasteiger partial charge on any atom is 0.240 e. The van der Waals surface area contributed by atoms with Crippen molar-refractivity contribution in [3.05, 3.63) is 0 Å². The smallest absolute Gasteiger partial charge is 0.240 e. The number of carbonyl (C=O) groups is 2. The first kappa shape index (κ1) is 16.9. The van der Waals surface area contributed by atoms with Gasteiger partial charge in [0.25, 0.3) is 0 Å². The Morgan fingerprint density at radius 1 is 1.50 bits per heavy atom. The van der Waals surface area contributed by atoms with Gasteiger partial charge in [0, 0.05) is 32.8 Å². The lowest BCUT2D eigenvalue weighted by atomic mass is 10.1. The van der Waals surface area contributed by atoms with Crippen LogP contribution in [0, 0.1) is 0 Å². The fourth-order valence-electron chi connectivity index (χ4n) is 2.15. The second kappa shape index (κ2) is 9.72. The van der Waals surface area contributed by atoms with Crippen LogP contribution in [0.1, 0.15) is 33.1 Å². The molecule has 1 atom stereocenters. The minimum atomic E-state index is -0.396. The zero-order chi connectivity index (χ0) is 14.8. The number of nitrogens with zero attached hydrogens (tertiary/aromatic N) is 1. The average molecular weight is 285 g/mol. The zero-order valence-electron chi connectivity index (χ0n) is 12.6. The maximum atomic E-state index is 12.2. The molecule has 0 aromatic carbocycles. The molecule has 0 aliphatic carbocycles. The van der Waals surface area contributed by atoms with Crippen molar-refractivity contribution in [3.8, 4) is 0 Å². The van der Waals surface area contributed by atoms with Crippen molar-refractivity contribution in [1.29, 1.82) is 0 Å². The molecule has 1 fully saturated rings. The fourth-order valence-corrected chi connectivity index (χ4v) is 2.15. The van der Waals surface area contributed by atoms with Gasteiger partial charge in [0.1, 0.15) is 0 Å². The maximum absolute atomic E-state index is 12.2. The van der Waals surface area contributed by atoms with Crippen molar-refractivity contribution in [1.82, 2.24) is 15.5 Å². The van der Waals surface area contributed by atoms with E-state index in [0.29, 0.717) is 32.8 Å². The van der Waals surface area contributed by atoms with Gasteiger partial charge in [-0.2, -0.15) is 0 Å². The molecule has 1 aliphatic heterocycles. The van der Waals surface area contributed by atoms with E-state index in [2.05, 4.69) is 17.6 Å². The standard InChI is InChI=1S/C14H27N3O3/c1-3-5-6-16-13(18)11-12-14(19)17(8-7-15-12)9-10-20-4-2/h12,15H,3-11H2,1-2H3,(H,16,18). The van der Waals surface area contributed by atoms with Gasteiger partial charge in [-0.3, -0.25) is 9.59 Å². The van der Waals surface area contributed by atoms with Crippen molar-refractivity contribution in [3.63, 3.8) is 0 Å². The number of hydrogen-bond donors (Lipinski definition) is 2. The number of piperazine rings is 1. The monoisotopic (exact) mass is 285 g/mol. The molecule has 0 bridgehead atoms. The van der Waals surface area contributed by atoms with Crippen molar-refractivity contribution in [2.45, 2.75) is 39.2 Å². The molecule has 2 amide bonds. The topological polar surface area (TPSA) is 70.7 Å². The number of hydrogen-bond acceptors (Lipinski definition) is 4. The van der Waals surface area contributed by atoms with Gasteiger partial charge >= 0.3 is 0 Å². The van der Waals surface area contributed by atoms with Crippen LogP contribution in [0.15, 0.2) is 0 Å². The fraction of sp³-hybridized carbons (Fsp3) is 0.857. The molecular weight excluding hydrogens is 258 g/mol. The number of rotatable bonds is 9. The van der Waals surface area contributed by atoms with Crippen LogP contribution in [-0.4, -0.2) is 62.1 Å². The Morgan fingerprint density at radius 3 is 3.00 bits per heavy atom. The molecule has 0 aromatic heterocycles. The molecule has 0 spiro atoms. The van der Waals surface area contributed by atoms with Gasteiger partial charge in [0.05, 0.1) is 19.1 Å². The summed E-state index contributed by atoms with van der Waals surface area (Å²) in [5, 5.41) is 5.96. The van der Waals surface area contributed by atoms with Gasteiger partial charge in [-0.15, -0.1) is 0 Å². The van der Waals surface area contributed by atoms with Gasteiger partial charge in [0.15, 0.2) is 0 Å². The first-order valence-electron chi connectivity index (χ1n) is 7.55. The highest BCUT2D eigenvalue weighted by Gasteiger charge is 2.29. The Balaban J connectivity index is 2.33. The molecule has 2 N–H and O–H groups in total. The van der Waals surface area contributed by atoms with Crippen LogP contribution < -0.4 is 10.6 Å². The lowest BCUT2D eigenvalue weighted by Crippen LogP contribution is -2.56. The average Bonchev–Trinajstić information content (AvgIpc) is 2.43. The lowest BCUT2D eigenvalue weighted by Gasteiger charge is -2.32. The van der Waals surface area contributed by atoms with Crippen LogP contribution in [0.2, 0.25) is 0 Å². The minimum absolute atomic E-state index is 0.00148. The summed E-state index contributed by atoms with van der Waals surface area (Å²) in [4.78, 5) is 25.7. The molecule has 0 saturated carbocycles. The third-order valence-corrected chi connectivity index (χ3v) is 3.33. The summed E-state index contributed by atoms with van der Waals surface area (Å²) in [6, 6.07) is -0.396. The van der Waals surface area contributed by atoms with Gasteiger partial charge in [0.2, 0.25) is 11.8 Å². The molecule has 0 aromatic rings. The largest absolute Gasteiger partial charge is 0.380 e. The van der Waals surface area contributed by atoms with Crippen LogP contribution in [0.3, 0.4) is 0 Å². The van der Waals surface area contributed by atoms with Gasteiger partial charge in [-0.1, -0.05) is 13.3 Å². The Morgan fingerprint density at radius 2 is 2.30 bits per heavy atom. The third-order valence-electron chi connectivity index (χ3n) is 3.33. The number of carbonyl (C=O) groups excluding carboxylic acids is 2. The summed E-state index contributed by atoms with van der Waals surface area (Å²) in [5.74, 6) is -0.0578. The Bertz CT molecular complexity index is 310. The molecule has 6 heteroatoms. The number of nitrogens with one attached hydrogen (secondary N) is 2. The highest BCUT2D eigenvalue weighted by atomic mass is 16.5. The first-order chi connectivity index (χ1) is 9.69. The van der Waals surface area contributed by atoms with Crippen LogP contribution >= 0.6 is 0 Å². The molecule has 20 heavy (non-hydrogen) atoms. The summed E-state index contributed by atoms with van der Waals surface area (Å²) in [6.07, 6.45) is 2.23. The second-order valence-corrected chi connectivity index (χ2v) is 4.94. The van der Waals surface area contributed by atoms with E-state index in [1.807, 2.05) is 6.92 Å². The van der Waals surface area contributed by atoms with Crippen molar-refractivity contribution in [2.75, 3.05) is 39.4 Å². The van der Waals surface area contributed by atoms with E-state index < -0.39 is 6.04 Å². The highest BCUT2D eigenvalue weighted by molar-refractivity contribution is 5.88. The first-order valence-corrected chi connectivity index (χ1v) is 7.55. The molecule has 1 unspecified atom stereocenters. The van der Waals surface area contributed by atoms with Crippen molar-refractivity contribution >= 4 is 11.8 Å². The van der Waals surface area contributed by atoms with Gasteiger partial charge < -0.3 is 20.3 Å². The normalized spacial score (nSPS) is 19.2. The lowest BCUT2D eigenvalue weighted by molar-refractivity contribution is -0.138. The van der Waals surface area contributed by atoms with Crippen LogP contribution in [0.4, 0.5) is 0 Å². The van der Waals surface area contributed by atoms with Crippen molar-refractivity contribution < 1.29 is 14.3 Å². The minimum Gasteiger partial charge on any atom is -0.380 e. The molecular formula is C14H27N3O3. The van der Waals surface area contributed by atoms with E-state index >= 15 is 0 Å². The number of ether oxygens (including phenoxy) is 1. The number of amides is 2. The van der Waals surface area contributed by atoms with E-state index in [1.165, 1.54) is 0 Å². The quantitative estimate of drug-likeness (QED) is 0.591. The molecule has 1 saturated heterocycles. The summed E-state index contributed by atoms with van der Waals surface area (Å²) >= 11 is 0. The molecule has 1 rings (SSSR count). The van der Waals surface area contributed by atoms with Crippen molar-refractivity contribution in [2.24, 2.45) is 0 Å². The summed E-state index contributed by atoms with van der Waals surface area (Å²) in [7, 11) is 0. The predicted octanol–water partition coefficient (Wildman–Crippen LogP) is 0.130. The second-order valence-electron chi connectivity index (χ2n) is 4.94. The highest BCUT2D eigenvalue weighted by Crippen LogP contribution is 2.05. The Labute approximate surface area is 121 Å². The van der Waals surface area contributed by atoms with Gasteiger partial charge in [-0.25, -0.2) is 0 Å². The van der Waals surface area contributed by atoms with Gasteiger partial charge in [-0.05, 0) is 13.3 Å². The predicted molar refractivity (Wildman–Crippen MR) is 77.4 cm³/mol. The molecule has 1 aliphatic rings. The number of unbranched alkanes of at least 4 members (excludes halogenated alkanes) is 1. The summed E-state index contributed by atoms with van der Waals surface area (Å²) in [6.45, 7) is 7.91. The third kappa shape index (κ3) is 5.88. The SMILES string of the molecule is CCCCNC(=O)CC1NCCN(CCOCC)C1=O. The molecule has 116 valence electrons. The summed E-state index contributed by atoms with van der Waals surface area (Å²) < 4.78 is 5.27. The van der Waals surface area contributed by atoms with Crippen LogP contribution in [0.25, 0.3) is 0 Å². The Hall–Kier alpha value is -1.14. The van der Waals surface area contributed by atoms with Crippen LogP contribution in [-0.2, 0) is 14.3 Å². The molecule has 6 nitrogen and oxygen atoms in total. The van der Waals surface area contributed by atoms with E-state index in [4.69, 9.17) is 4.74 Å². The molecule has 1 heterocycles. The van der Waals surface area contributed by atoms with E-state index in [-0.39, 0.29) is 18.2 Å². The van der Waals surface area contributed by atoms with E-state index in [9.17, 15) is 9.59 Å². The molecule has 0 radical (unpaired) electrons.